The van der Waals surface area contributed by atoms with Crippen molar-refractivity contribution in [3.8, 4) is 0 Å². The van der Waals surface area contributed by atoms with Crippen LogP contribution in [0.5, 0.6) is 0 Å². The number of methoxy groups -OCH3 is 4. The van der Waals surface area contributed by atoms with Crippen LogP contribution < -0.4 is 5.73 Å². The van der Waals surface area contributed by atoms with Gasteiger partial charge in [-0.2, -0.15) is 0 Å². The Bertz CT molecular complexity index is 1310. The van der Waals surface area contributed by atoms with Crippen LogP contribution in [0.25, 0.3) is 0 Å². The van der Waals surface area contributed by atoms with Crippen LogP contribution in [0, 0.1) is 0 Å². The molecule has 1 aliphatic rings. The predicted octanol–water partition coefficient (Wildman–Crippen LogP) is -1.44. The molecule has 0 aromatic carbocycles. The van der Waals surface area contributed by atoms with Crippen LogP contribution in [0.1, 0.15) is 50.6 Å². The van der Waals surface area contributed by atoms with E-state index in [1.54, 1.807) is 4.68 Å². The summed E-state index contributed by atoms with van der Waals surface area (Å²) in [7, 11) is 5.86. The van der Waals surface area contributed by atoms with Crippen molar-refractivity contribution < 1.29 is 47.7 Å². The molecule has 53 heavy (non-hydrogen) atoms. The van der Waals surface area contributed by atoms with Crippen LogP contribution in [0.3, 0.4) is 0 Å². The van der Waals surface area contributed by atoms with Gasteiger partial charge in [0.05, 0.1) is 64.8 Å². The maximum Gasteiger partial charge on any atom is 0.242 e. The first kappa shape index (κ1) is 45.0. The summed E-state index contributed by atoms with van der Waals surface area (Å²) in [4.78, 5) is 84.9. The molecule has 19 nitrogen and oxygen atoms in total. The topological polar surface area (TPSA) is 212 Å². The molecule has 2 N–H and O–H groups in total. The maximum atomic E-state index is 14.0. The summed E-state index contributed by atoms with van der Waals surface area (Å²) in [6.07, 6.45) is 6.81. The smallest absolute Gasteiger partial charge is 0.242 e. The quantitative estimate of drug-likeness (QED) is 0.110. The Kier molecular flexibility index (Phi) is 21.2. The highest BCUT2D eigenvalue weighted by Crippen LogP contribution is 2.32. The third-order valence-corrected chi connectivity index (χ3v) is 8.91. The second-order valence-electron chi connectivity index (χ2n) is 12.9. The largest absolute Gasteiger partial charge is 0.383 e. The lowest BCUT2D eigenvalue weighted by Gasteiger charge is -2.31. The fourth-order valence-corrected chi connectivity index (χ4v) is 5.82. The Balaban J connectivity index is 2.29. The number of nitrogens with two attached hydrogens (primary N) is 1. The molecule has 1 fully saturated rings. The number of aromatic nitrogens is 3. The van der Waals surface area contributed by atoms with E-state index in [0.717, 1.165) is 31.4 Å². The number of hydrogen-bond acceptors (Lipinski definition) is 12. The van der Waals surface area contributed by atoms with E-state index in [2.05, 4.69) is 10.3 Å². The van der Waals surface area contributed by atoms with Crippen LogP contribution in [-0.4, -0.2) is 195 Å². The van der Waals surface area contributed by atoms with Crippen LogP contribution in [-0.2, 0) is 54.3 Å². The molecular weight excluding hydrogens is 694 g/mol. The molecule has 300 valence electrons. The van der Waals surface area contributed by atoms with Crippen molar-refractivity contribution in [3.63, 3.8) is 0 Å². The second kappa shape index (κ2) is 24.9. The lowest BCUT2D eigenvalue weighted by atomic mass is 10.1. The Hall–Kier alpha value is -4.20. The second-order valence-corrected chi connectivity index (χ2v) is 12.9. The van der Waals surface area contributed by atoms with Gasteiger partial charge in [0.25, 0.3) is 0 Å². The van der Waals surface area contributed by atoms with Crippen molar-refractivity contribution in [3.05, 3.63) is 11.9 Å². The van der Waals surface area contributed by atoms with Crippen molar-refractivity contribution in [1.82, 2.24) is 39.5 Å². The summed E-state index contributed by atoms with van der Waals surface area (Å²) in [6.45, 7) is 1.02. The van der Waals surface area contributed by atoms with Crippen LogP contribution in [0.4, 0.5) is 0 Å². The van der Waals surface area contributed by atoms with Crippen molar-refractivity contribution in [2.45, 2.75) is 51.5 Å². The Labute approximate surface area is 311 Å². The van der Waals surface area contributed by atoms with E-state index in [4.69, 9.17) is 24.7 Å². The number of amides is 6. The lowest BCUT2D eigenvalue weighted by molar-refractivity contribution is -0.148. The molecule has 6 amide bonds. The summed E-state index contributed by atoms with van der Waals surface area (Å²) < 4.78 is 22.2. The Morgan fingerprint density at radius 2 is 1.06 bits per heavy atom. The molecule has 1 aromatic rings. The van der Waals surface area contributed by atoms with Crippen molar-refractivity contribution >= 4 is 35.4 Å². The molecule has 2 rings (SSSR count). The zero-order valence-electron chi connectivity index (χ0n) is 32.0. The molecule has 0 radical (unpaired) electrons. The summed E-state index contributed by atoms with van der Waals surface area (Å²) in [5.74, 6) is -2.74. The zero-order chi connectivity index (χ0) is 39.2. The SMILES string of the molecule is COCCN(CC(=O)N(CCOC)CC(=O)N(CCCn1cc(C2CCCC2)nn1)CC(=O)N(CCOC)CC(=O)N(CCOC)CC(N)=O)C(C)=O. The van der Waals surface area contributed by atoms with Crippen LogP contribution in [0.2, 0.25) is 0 Å². The van der Waals surface area contributed by atoms with Crippen LogP contribution in [0.15, 0.2) is 6.20 Å². The minimum Gasteiger partial charge on any atom is -0.383 e. The van der Waals surface area contributed by atoms with Crippen molar-refractivity contribution in [1.29, 1.82) is 0 Å². The maximum absolute atomic E-state index is 14.0. The first-order chi connectivity index (χ1) is 25.4. The predicted molar refractivity (Wildman–Crippen MR) is 191 cm³/mol. The molecule has 0 bridgehead atoms. The molecule has 1 heterocycles. The summed E-state index contributed by atoms with van der Waals surface area (Å²) >= 11 is 0. The van der Waals surface area contributed by atoms with E-state index >= 15 is 0 Å². The van der Waals surface area contributed by atoms with Gasteiger partial charge < -0.3 is 49.2 Å². The van der Waals surface area contributed by atoms with Crippen molar-refractivity contribution in [2.24, 2.45) is 5.73 Å². The average molecular weight is 754 g/mol. The molecule has 1 aromatic heterocycles. The summed E-state index contributed by atoms with van der Waals surface area (Å²) in [5, 5.41) is 8.61. The number of hydrogen-bond donors (Lipinski definition) is 1. The number of carbonyl (C=O) groups is 6. The normalized spacial score (nSPS) is 12.8. The number of aryl methyl sites for hydroxylation is 1. The molecule has 1 saturated carbocycles. The standard InChI is InChI=1S/C34H59N9O10/c1-27(44)38(13-17-50-2)23-31(46)41(15-19-52-4)25-32(47)39(11-8-12-43-21-29(36-37-43)28-9-6-7-10-28)24-34(49)42(16-20-53-5)26-33(48)40(14-18-51-3)22-30(35)45/h21,28H,6-20,22-26H2,1-5H3,(H2,35,45). The molecule has 0 atom stereocenters. The van der Waals surface area contributed by atoms with Crippen molar-refractivity contribution in [2.75, 3.05) is 120 Å². The van der Waals surface area contributed by atoms with E-state index in [0.29, 0.717) is 18.9 Å². The summed E-state index contributed by atoms with van der Waals surface area (Å²) in [6, 6.07) is 0. The van der Waals surface area contributed by atoms with E-state index < -0.39 is 42.6 Å². The molecule has 0 unspecified atom stereocenters. The van der Waals surface area contributed by atoms with Gasteiger partial charge >= 0.3 is 0 Å². The number of carbonyl (C=O) groups excluding carboxylic acids is 6. The average Bonchev–Trinajstić information content (AvgIpc) is 3.84. The van der Waals surface area contributed by atoms with Gasteiger partial charge in [-0.25, -0.2) is 0 Å². The molecule has 19 heteroatoms. The first-order valence-electron chi connectivity index (χ1n) is 17.9. The van der Waals surface area contributed by atoms with Gasteiger partial charge in [0.15, 0.2) is 0 Å². The van der Waals surface area contributed by atoms with E-state index in [9.17, 15) is 28.8 Å². The lowest BCUT2D eigenvalue weighted by Crippen LogP contribution is -2.52. The highest BCUT2D eigenvalue weighted by molar-refractivity contribution is 5.92. The Morgan fingerprint density at radius 3 is 1.47 bits per heavy atom. The third-order valence-electron chi connectivity index (χ3n) is 8.91. The van der Waals surface area contributed by atoms with Gasteiger partial charge in [0.1, 0.15) is 0 Å². The molecule has 1 aliphatic carbocycles. The molecular formula is C34H59N9O10. The van der Waals surface area contributed by atoms with Gasteiger partial charge in [0, 0.05) is 86.7 Å². The molecule has 0 saturated heterocycles. The van der Waals surface area contributed by atoms with Gasteiger partial charge in [-0.3, -0.25) is 33.4 Å². The van der Waals surface area contributed by atoms with Gasteiger partial charge in [-0.05, 0) is 19.3 Å². The Morgan fingerprint density at radius 1 is 0.660 bits per heavy atom. The zero-order valence-corrected chi connectivity index (χ0v) is 32.0. The summed E-state index contributed by atoms with van der Waals surface area (Å²) in [5.41, 5.74) is 6.30. The number of ether oxygens (including phenoxy) is 4. The van der Waals surface area contributed by atoms with Crippen LogP contribution >= 0.6 is 0 Å². The number of nitrogens with zero attached hydrogens (tertiary/aromatic N) is 8. The minimum atomic E-state index is -0.721. The minimum absolute atomic E-state index is 0.0293. The highest BCUT2D eigenvalue weighted by atomic mass is 16.5. The van der Waals surface area contributed by atoms with Gasteiger partial charge in [-0.15, -0.1) is 5.10 Å². The van der Waals surface area contributed by atoms with Gasteiger partial charge in [-0.1, -0.05) is 18.1 Å². The van der Waals surface area contributed by atoms with E-state index in [1.807, 2.05) is 6.20 Å². The van der Waals surface area contributed by atoms with E-state index in [1.165, 1.54) is 59.9 Å². The number of rotatable bonds is 27. The molecule has 0 spiro atoms. The molecule has 0 aliphatic heterocycles. The fourth-order valence-electron chi connectivity index (χ4n) is 5.82. The number of primary amides is 1. The monoisotopic (exact) mass is 753 g/mol. The third kappa shape index (κ3) is 16.6. The highest BCUT2D eigenvalue weighted by Gasteiger charge is 2.28. The van der Waals surface area contributed by atoms with E-state index in [-0.39, 0.29) is 84.7 Å². The van der Waals surface area contributed by atoms with Gasteiger partial charge in [0.2, 0.25) is 35.4 Å². The fraction of sp³-hybridized carbons (Fsp3) is 0.765. The first-order valence-corrected chi connectivity index (χ1v) is 17.9.